The summed E-state index contributed by atoms with van der Waals surface area (Å²) in [6, 6.07) is 8.90. The molecule has 1 fully saturated rings. The molecule has 1 aromatic carbocycles. The lowest BCUT2D eigenvalue weighted by molar-refractivity contribution is 0.150. The largest absolute Gasteiger partial charge is 0.394 e. The van der Waals surface area contributed by atoms with Crippen molar-refractivity contribution in [1.29, 1.82) is 0 Å². The second-order valence-corrected chi connectivity index (χ2v) is 5.78. The van der Waals surface area contributed by atoms with E-state index in [2.05, 4.69) is 43.4 Å². The van der Waals surface area contributed by atoms with Gasteiger partial charge in [0.15, 0.2) is 0 Å². The van der Waals surface area contributed by atoms with Crippen molar-refractivity contribution < 1.29 is 5.11 Å². The van der Waals surface area contributed by atoms with Crippen LogP contribution in [0, 0.1) is 6.92 Å². The lowest BCUT2D eigenvalue weighted by atomic mass is 9.86. The van der Waals surface area contributed by atoms with Crippen LogP contribution >= 0.6 is 0 Å². The number of benzene rings is 1. The van der Waals surface area contributed by atoms with Crippen LogP contribution in [0.2, 0.25) is 0 Å². The van der Waals surface area contributed by atoms with Gasteiger partial charge in [-0.3, -0.25) is 0 Å². The molecule has 0 bridgehead atoms. The maximum Gasteiger partial charge on any atom is 0.0652 e. The fourth-order valence-electron chi connectivity index (χ4n) is 3.10. The number of nitrogens with one attached hydrogen (secondary N) is 1. The van der Waals surface area contributed by atoms with Crippen LogP contribution in [0.15, 0.2) is 24.3 Å². The van der Waals surface area contributed by atoms with Crippen LogP contribution < -0.4 is 5.32 Å². The average Bonchev–Trinajstić information content (AvgIpc) is 2.40. The van der Waals surface area contributed by atoms with Crippen molar-refractivity contribution in [1.82, 2.24) is 5.32 Å². The summed E-state index contributed by atoms with van der Waals surface area (Å²) in [5.74, 6) is 0. The number of hydrogen-bond acceptors (Lipinski definition) is 2. The van der Waals surface area contributed by atoms with Crippen molar-refractivity contribution in [2.45, 2.75) is 57.5 Å². The van der Waals surface area contributed by atoms with Crippen LogP contribution in [0.25, 0.3) is 0 Å². The minimum absolute atomic E-state index is 0.147. The van der Waals surface area contributed by atoms with E-state index in [1.165, 1.54) is 43.2 Å². The Morgan fingerprint density at radius 3 is 2.50 bits per heavy atom. The van der Waals surface area contributed by atoms with Crippen molar-refractivity contribution in [3.63, 3.8) is 0 Å². The Balaban J connectivity index is 2.16. The Labute approximate surface area is 110 Å². The first-order valence-electron chi connectivity index (χ1n) is 7.10. The topological polar surface area (TPSA) is 32.3 Å². The first-order chi connectivity index (χ1) is 8.65. The monoisotopic (exact) mass is 247 g/mol. The van der Waals surface area contributed by atoms with E-state index in [1.54, 1.807) is 0 Å². The fourth-order valence-corrected chi connectivity index (χ4v) is 3.10. The fraction of sp³-hybridized carbons (Fsp3) is 0.625. The molecule has 0 saturated heterocycles. The van der Waals surface area contributed by atoms with Crippen molar-refractivity contribution in [3.8, 4) is 0 Å². The van der Waals surface area contributed by atoms with Crippen LogP contribution in [-0.2, 0) is 5.54 Å². The summed E-state index contributed by atoms with van der Waals surface area (Å²) in [5.41, 5.74) is 2.16. The molecule has 2 heteroatoms. The highest BCUT2D eigenvalue weighted by Crippen LogP contribution is 2.27. The molecule has 0 aromatic heterocycles. The van der Waals surface area contributed by atoms with Crippen LogP contribution in [0.4, 0.5) is 0 Å². The summed E-state index contributed by atoms with van der Waals surface area (Å²) in [6.45, 7) is 4.38. The molecule has 2 nitrogen and oxygen atoms in total. The Morgan fingerprint density at radius 1 is 1.22 bits per heavy atom. The maximum atomic E-state index is 9.83. The van der Waals surface area contributed by atoms with Crippen LogP contribution in [0.1, 0.15) is 50.2 Å². The normalized spacial score (nSPS) is 20.6. The van der Waals surface area contributed by atoms with Gasteiger partial charge in [-0.1, -0.05) is 43.5 Å². The van der Waals surface area contributed by atoms with E-state index in [4.69, 9.17) is 0 Å². The molecule has 1 aliphatic rings. The van der Waals surface area contributed by atoms with Gasteiger partial charge in [0.1, 0.15) is 0 Å². The van der Waals surface area contributed by atoms with E-state index >= 15 is 0 Å². The second-order valence-electron chi connectivity index (χ2n) is 5.78. The highest BCUT2D eigenvalue weighted by Gasteiger charge is 2.30. The molecule has 1 aliphatic carbocycles. The van der Waals surface area contributed by atoms with Gasteiger partial charge in [-0.2, -0.15) is 0 Å². The molecule has 0 spiro atoms. The summed E-state index contributed by atoms with van der Waals surface area (Å²) < 4.78 is 0. The van der Waals surface area contributed by atoms with E-state index in [9.17, 15) is 5.11 Å². The molecule has 1 aromatic rings. The molecule has 1 unspecified atom stereocenters. The van der Waals surface area contributed by atoms with Crippen LogP contribution in [0.5, 0.6) is 0 Å². The zero-order valence-electron chi connectivity index (χ0n) is 11.6. The zero-order valence-corrected chi connectivity index (χ0v) is 11.6. The summed E-state index contributed by atoms with van der Waals surface area (Å²) in [7, 11) is 0. The van der Waals surface area contributed by atoms with E-state index < -0.39 is 0 Å². The number of aliphatic hydroxyl groups excluding tert-OH is 1. The predicted molar refractivity (Wildman–Crippen MR) is 75.6 cm³/mol. The van der Waals surface area contributed by atoms with Gasteiger partial charge in [0.25, 0.3) is 0 Å². The van der Waals surface area contributed by atoms with E-state index in [0.717, 1.165) is 0 Å². The molecule has 1 atom stereocenters. The number of hydrogen-bond donors (Lipinski definition) is 2. The van der Waals surface area contributed by atoms with E-state index in [0.29, 0.717) is 6.04 Å². The molecule has 100 valence electrons. The smallest absolute Gasteiger partial charge is 0.0652 e. The molecule has 0 amide bonds. The lowest BCUT2D eigenvalue weighted by Crippen LogP contribution is -2.49. The van der Waals surface area contributed by atoms with Gasteiger partial charge in [-0.05, 0) is 37.8 Å². The average molecular weight is 247 g/mol. The molecular formula is C16H25NO. The molecular weight excluding hydrogens is 222 g/mol. The highest BCUT2D eigenvalue weighted by atomic mass is 16.3. The van der Waals surface area contributed by atoms with Gasteiger partial charge in [0.2, 0.25) is 0 Å². The van der Waals surface area contributed by atoms with Gasteiger partial charge in [0.05, 0.1) is 12.1 Å². The first kappa shape index (κ1) is 13.6. The van der Waals surface area contributed by atoms with Gasteiger partial charge < -0.3 is 10.4 Å². The van der Waals surface area contributed by atoms with Crippen LogP contribution in [-0.4, -0.2) is 17.8 Å². The van der Waals surface area contributed by atoms with Gasteiger partial charge in [0, 0.05) is 6.04 Å². The van der Waals surface area contributed by atoms with E-state index in [1.807, 2.05) is 0 Å². The summed E-state index contributed by atoms with van der Waals surface area (Å²) in [5, 5.41) is 13.5. The molecule has 0 radical (unpaired) electrons. The SMILES string of the molecule is Cc1ccccc1C(C)(CO)NC1CCCCC1. The summed E-state index contributed by atoms with van der Waals surface area (Å²) in [6.07, 6.45) is 6.46. The summed E-state index contributed by atoms with van der Waals surface area (Å²) in [4.78, 5) is 0. The minimum atomic E-state index is -0.312. The van der Waals surface area contributed by atoms with Crippen LogP contribution in [0.3, 0.4) is 0 Å². The van der Waals surface area contributed by atoms with Gasteiger partial charge in [-0.15, -0.1) is 0 Å². The quantitative estimate of drug-likeness (QED) is 0.857. The van der Waals surface area contributed by atoms with Crippen molar-refractivity contribution in [3.05, 3.63) is 35.4 Å². The van der Waals surface area contributed by atoms with Gasteiger partial charge >= 0.3 is 0 Å². The van der Waals surface area contributed by atoms with Crippen molar-refractivity contribution in [2.24, 2.45) is 0 Å². The highest BCUT2D eigenvalue weighted by molar-refractivity contribution is 5.32. The number of aliphatic hydroxyl groups is 1. The maximum absolute atomic E-state index is 9.83. The molecule has 1 saturated carbocycles. The summed E-state index contributed by atoms with van der Waals surface area (Å²) >= 11 is 0. The lowest BCUT2D eigenvalue weighted by Gasteiger charge is -2.36. The third kappa shape index (κ3) is 2.93. The van der Waals surface area contributed by atoms with Crippen molar-refractivity contribution in [2.75, 3.05) is 6.61 Å². The Morgan fingerprint density at radius 2 is 1.89 bits per heavy atom. The Bertz CT molecular complexity index is 384. The predicted octanol–water partition coefficient (Wildman–Crippen LogP) is 3.12. The van der Waals surface area contributed by atoms with Gasteiger partial charge in [-0.25, -0.2) is 0 Å². The third-order valence-corrected chi connectivity index (χ3v) is 4.18. The van der Waals surface area contributed by atoms with Crippen molar-refractivity contribution >= 4 is 0 Å². The molecule has 18 heavy (non-hydrogen) atoms. The van der Waals surface area contributed by atoms with E-state index in [-0.39, 0.29) is 12.1 Å². The second kappa shape index (κ2) is 5.85. The number of aryl methyl sites for hydroxylation is 1. The Hall–Kier alpha value is -0.860. The Kier molecular flexibility index (Phi) is 4.41. The molecule has 2 N–H and O–H groups in total. The number of rotatable bonds is 4. The first-order valence-corrected chi connectivity index (χ1v) is 7.10. The molecule has 0 aliphatic heterocycles. The molecule has 0 heterocycles. The molecule has 2 rings (SSSR count). The minimum Gasteiger partial charge on any atom is -0.394 e. The third-order valence-electron chi connectivity index (χ3n) is 4.18. The zero-order chi connectivity index (χ0) is 13.0. The standard InChI is InChI=1S/C16H25NO/c1-13-8-6-7-11-15(13)16(2,12-18)17-14-9-4-3-5-10-14/h6-8,11,14,17-18H,3-5,9-10,12H2,1-2H3.